The van der Waals surface area contributed by atoms with Gasteiger partial charge in [-0.1, -0.05) is 0 Å². The van der Waals surface area contributed by atoms with Crippen molar-refractivity contribution in [3.05, 3.63) is 26.4 Å². The second-order valence-electron chi connectivity index (χ2n) is 3.44. The maximum atomic E-state index is 11.8. The number of nitrogen functional groups attached to an aromatic ring is 1. The van der Waals surface area contributed by atoms with E-state index in [0.717, 1.165) is 4.57 Å². The van der Waals surface area contributed by atoms with Gasteiger partial charge in [-0.2, -0.15) is 4.98 Å². The van der Waals surface area contributed by atoms with E-state index < -0.39 is 22.8 Å². The number of carboxylic acid groups (broad SMARTS) is 1. The van der Waals surface area contributed by atoms with Crippen molar-refractivity contribution in [2.24, 2.45) is 0 Å². The van der Waals surface area contributed by atoms with Gasteiger partial charge in [-0.05, 0) is 6.92 Å². The Bertz CT molecular complexity index is 760. The lowest BCUT2D eigenvalue weighted by Crippen LogP contribution is -2.31. The summed E-state index contributed by atoms with van der Waals surface area (Å²) in [5.74, 6) is -1.67. The number of carboxylic acids is 1. The first-order valence-electron chi connectivity index (χ1n) is 4.99. The normalized spacial score (nSPS) is 10.7. The highest BCUT2D eigenvalue weighted by Gasteiger charge is 2.18. The first-order chi connectivity index (χ1) is 8.45. The van der Waals surface area contributed by atoms with Crippen LogP contribution in [0.5, 0.6) is 0 Å². The highest BCUT2D eigenvalue weighted by Crippen LogP contribution is 2.04. The molecule has 2 rings (SSSR count). The predicted molar refractivity (Wildman–Crippen MR) is 61.5 cm³/mol. The van der Waals surface area contributed by atoms with E-state index in [2.05, 4.69) is 15.0 Å². The van der Waals surface area contributed by atoms with Gasteiger partial charge in [-0.25, -0.2) is 9.78 Å². The third-order valence-corrected chi connectivity index (χ3v) is 2.34. The van der Waals surface area contributed by atoms with E-state index in [1.54, 1.807) is 6.92 Å². The number of H-pyrrole nitrogens is 1. The predicted octanol–water partition coefficient (Wildman–Crippen LogP) is -1.22. The summed E-state index contributed by atoms with van der Waals surface area (Å²) in [6.07, 6.45) is 0. The molecule has 0 fully saturated rings. The summed E-state index contributed by atoms with van der Waals surface area (Å²) in [6.45, 7) is 1.76. The van der Waals surface area contributed by atoms with Gasteiger partial charge in [-0.15, -0.1) is 0 Å². The van der Waals surface area contributed by atoms with Crippen LogP contribution in [-0.4, -0.2) is 30.6 Å². The number of nitrogens with one attached hydrogen (secondary N) is 1. The number of hydrogen-bond acceptors (Lipinski definition) is 6. The Morgan fingerprint density at radius 1 is 1.44 bits per heavy atom. The summed E-state index contributed by atoms with van der Waals surface area (Å²) in [5.41, 5.74) is 2.87. The lowest BCUT2D eigenvalue weighted by atomic mass is 10.4. The van der Waals surface area contributed by atoms with Gasteiger partial charge in [0, 0.05) is 6.54 Å². The van der Waals surface area contributed by atoms with Crippen molar-refractivity contribution in [1.82, 2.24) is 19.5 Å². The summed E-state index contributed by atoms with van der Waals surface area (Å²) in [6, 6.07) is 0. The number of nitrogens with zero attached hydrogens (tertiary/aromatic N) is 3. The van der Waals surface area contributed by atoms with Gasteiger partial charge in [-0.3, -0.25) is 19.1 Å². The van der Waals surface area contributed by atoms with Crippen LogP contribution in [0.15, 0.2) is 9.59 Å². The minimum atomic E-state index is -1.50. The van der Waals surface area contributed by atoms with Gasteiger partial charge in [0.25, 0.3) is 11.1 Å². The zero-order valence-corrected chi connectivity index (χ0v) is 9.30. The molecule has 0 amide bonds. The molecular formula is C9H9N5O4. The van der Waals surface area contributed by atoms with Crippen molar-refractivity contribution >= 4 is 23.1 Å². The van der Waals surface area contributed by atoms with Gasteiger partial charge < -0.3 is 10.8 Å². The molecule has 9 nitrogen and oxygen atoms in total. The second kappa shape index (κ2) is 3.95. The smallest absolute Gasteiger partial charge is 0.360 e. The molecule has 0 unspecified atom stereocenters. The number of aryl methyl sites for hydroxylation is 1. The van der Waals surface area contributed by atoms with Crippen LogP contribution in [0.2, 0.25) is 0 Å². The Hall–Kier alpha value is -2.71. The lowest BCUT2D eigenvalue weighted by molar-refractivity contribution is 0.0688. The molecule has 0 radical (unpaired) electrons. The Morgan fingerprint density at radius 3 is 2.67 bits per heavy atom. The molecule has 0 aliphatic heterocycles. The van der Waals surface area contributed by atoms with Crippen molar-refractivity contribution in [3.8, 4) is 0 Å². The number of carbonyl (C=O) groups is 1. The van der Waals surface area contributed by atoms with Gasteiger partial charge in [0.05, 0.1) is 0 Å². The number of aromatic nitrogens is 4. The molecule has 0 aromatic carbocycles. The molecule has 4 N–H and O–H groups in total. The molecule has 9 heteroatoms. The third kappa shape index (κ3) is 1.61. The second-order valence-corrected chi connectivity index (χ2v) is 3.44. The van der Waals surface area contributed by atoms with Crippen LogP contribution in [0.1, 0.15) is 17.4 Å². The SMILES string of the molecule is CCn1c(=O)c(C(=O)O)nc2c(=O)[nH]c(N)nc21. The van der Waals surface area contributed by atoms with E-state index in [4.69, 9.17) is 10.8 Å². The molecule has 0 aliphatic carbocycles. The standard InChI is InChI=1S/C9H9N5O4/c1-2-14-5-3(6(15)13-9(10)12-5)11-4(7(14)16)8(17)18/h2H2,1H3,(H,17,18)(H3,10,12,13,15). The monoisotopic (exact) mass is 251 g/mol. The summed E-state index contributed by atoms with van der Waals surface area (Å²) in [7, 11) is 0. The fraction of sp³-hybridized carbons (Fsp3) is 0.222. The first-order valence-corrected chi connectivity index (χ1v) is 4.99. The van der Waals surface area contributed by atoms with Crippen LogP contribution in [-0.2, 0) is 6.54 Å². The zero-order chi connectivity index (χ0) is 13.4. The molecule has 2 aromatic rings. The maximum absolute atomic E-state index is 11.8. The van der Waals surface area contributed by atoms with Crippen molar-refractivity contribution in [3.63, 3.8) is 0 Å². The Labute approximate surface area is 98.9 Å². The van der Waals surface area contributed by atoms with Crippen molar-refractivity contribution < 1.29 is 9.90 Å². The van der Waals surface area contributed by atoms with E-state index in [9.17, 15) is 14.4 Å². The molecule has 2 heterocycles. The van der Waals surface area contributed by atoms with Crippen molar-refractivity contribution in [1.29, 1.82) is 0 Å². The van der Waals surface area contributed by atoms with E-state index in [1.165, 1.54) is 0 Å². The number of fused-ring (bicyclic) bond motifs is 1. The number of aromatic carboxylic acids is 1. The molecule has 0 bridgehead atoms. The molecule has 0 spiro atoms. The molecule has 0 atom stereocenters. The Balaban J connectivity index is 3.07. The van der Waals surface area contributed by atoms with Crippen molar-refractivity contribution in [2.45, 2.75) is 13.5 Å². The minimum absolute atomic E-state index is 0.0336. The number of hydrogen-bond donors (Lipinski definition) is 3. The van der Waals surface area contributed by atoms with Gasteiger partial charge in [0.15, 0.2) is 11.2 Å². The van der Waals surface area contributed by atoms with Crippen LogP contribution in [0.25, 0.3) is 11.2 Å². The Morgan fingerprint density at radius 2 is 2.11 bits per heavy atom. The topological polar surface area (TPSA) is 144 Å². The summed E-state index contributed by atoms with van der Waals surface area (Å²) < 4.78 is 1.04. The van der Waals surface area contributed by atoms with Crippen molar-refractivity contribution in [2.75, 3.05) is 5.73 Å². The van der Waals surface area contributed by atoms with Crippen LogP contribution < -0.4 is 16.9 Å². The highest BCUT2D eigenvalue weighted by molar-refractivity contribution is 5.87. The Kier molecular flexibility index (Phi) is 2.58. The molecule has 2 aromatic heterocycles. The lowest BCUT2D eigenvalue weighted by Gasteiger charge is -2.07. The molecule has 18 heavy (non-hydrogen) atoms. The van der Waals surface area contributed by atoms with Gasteiger partial charge in [0.2, 0.25) is 11.6 Å². The molecule has 94 valence electrons. The van der Waals surface area contributed by atoms with Gasteiger partial charge in [0.1, 0.15) is 0 Å². The number of nitrogens with two attached hydrogens (primary N) is 1. The van der Waals surface area contributed by atoms with E-state index in [0.29, 0.717) is 0 Å². The fourth-order valence-electron chi connectivity index (χ4n) is 1.58. The summed E-state index contributed by atoms with van der Waals surface area (Å²) >= 11 is 0. The molecule has 0 saturated carbocycles. The molecular weight excluding hydrogens is 242 g/mol. The number of rotatable bonds is 2. The van der Waals surface area contributed by atoms with Crippen LogP contribution >= 0.6 is 0 Å². The molecule has 0 aliphatic rings. The van der Waals surface area contributed by atoms with E-state index in [1.807, 2.05) is 0 Å². The minimum Gasteiger partial charge on any atom is -0.476 e. The maximum Gasteiger partial charge on any atom is 0.360 e. The third-order valence-electron chi connectivity index (χ3n) is 2.34. The quantitative estimate of drug-likeness (QED) is 0.606. The average Bonchev–Trinajstić information content (AvgIpc) is 2.27. The van der Waals surface area contributed by atoms with Crippen LogP contribution in [0, 0.1) is 0 Å². The number of anilines is 1. The van der Waals surface area contributed by atoms with E-state index in [-0.39, 0.29) is 23.7 Å². The van der Waals surface area contributed by atoms with Gasteiger partial charge >= 0.3 is 5.97 Å². The summed E-state index contributed by atoms with van der Waals surface area (Å²) in [4.78, 5) is 43.8. The first kappa shape index (κ1) is 11.8. The van der Waals surface area contributed by atoms with Crippen LogP contribution in [0.3, 0.4) is 0 Å². The summed E-state index contributed by atoms with van der Waals surface area (Å²) in [5, 5.41) is 8.86. The fourth-order valence-corrected chi connectivity index (χ4v) is 1.58. The zero-order valence-electron chi connectivity index (χ0n) is 9.30. The number of aromatic amines is 1. The van der Waals surface area contributed by atoms with E-state index >= 15 is 0 Å². The molecule has 0 saturated heterocycles. The average molecular weight is 251 g/mol. The largest absolute Gasteiger partial charge is 0.476 e. The highest BCUT2D eigenvalue weighted by atomic mass is 16.4. The van der Waals surface area contributed by atoms with Crippen LogP contribution in [0.4, 0.5) is 5.95 Å².